The smallest absolute Gasteiger partial charge is 0.00987 e. The zero-order valence-corrected chi connectivity index (χ0v) is 5.71. The van der Waals surface area contributed by atoms with E-state index in [0.717, 1.165) is 12.5 Å². The second-order valence-corrected chi connectivity index (χ2v) is 2.79. The first-order valence-electron chi connectivity index (χ1n) is 3.02. The molecule has 0 heterocycles. The SMILES string of the molecule is NSNCC1CCC1. The summed E-state index contributed by atoms with van der Waals surface area (Å²) in [5.74, 6) is 0.922. The van der Waals surface area contributed by atoms with Crippen LogP contribution in [0.4, 0.5) is 0 Å². The Balaban J connectivity index is 1.86. The lowest BCUT2D eigenvalue weighted by molar-refractivity contribution is 0.319. The van der Waals surface area contributed by atoms with Gasteiger partial charge in [-0.2, -0.15) is 0 Å². The third-order valence-corrected chi connectivity index (χ3v) is 2.01. The van der Waals surface area contributed by atoms with Crippen molar-refractivity contribution in [2.75, 3.05) is 6.54 Å². The van der Waals surface area contributed by atoms with E-state index in [9.17, 15) is 0 Å². The molecule has 0 amide bonds. The van der Waals surface area contributed by atoms with Gasteiger partial charge >= 0.3 is 0 Å². The van der Waals surface area contributed by atoms with Crippen molar-refractivity contribution in [3.05, 3.63) is 0 Å². The largest absolute Gasteiger partial charge is 0.264 e. The molecular weight excluding hydrogens is 120 g/mol. The highest BCUT2D eigenvalue weighted by atomic mass is 32.2. The predicted molar refractivity (Wildman–Crippen MR) is 37.1 cm³/mol. The summed E-state index contributed by atoms with van der Waals surface area (Å²) < 4.78 is 3.04. The molecule has 8 heavy (non-hydrogen) atoms. The summed E-state index contributed by atoms with van der Waals surface area (Å²) in [6.07, 6.45) is 4.21. The zero-order chi connectivity index (χ0) is 5.82. The number of hydrogen-bond acceptors (Lipinski definition) is 3. The summed E-state index contributed by atoms with van der Waals surface area (Å²) in [7, 11) is 0. The Morgan fingerprint density at radius 2 is 2.38 bits per heavy atom. The fourth-order valence-electron chi connectivity index (χ4n) is 0.863. The highest BCUT2D eigenvalue weighted by Crippen LogP contribution is 2.25. The second-order valence-electron chi connectivity index (χ2n) is 2.26. The van der Waals surface area contributed by atoms with Gasteiger partial charge in [0.05, 0.1) is 0 Å². The second kappa shape index (κ2) is 3.33. The van der Waals surface area contributed by atoms with E-state index in [0.29, 0.717) is 0 Å². The molecule has 48 valence electrons. The quantitative estimate of drug-likeness (QED) is 0.560. The fourth-order valence-corrected chi connectivity index (χ4v) is 1.19. The highest BCUT2D eigenvalue weighted by molar-refractivity contribution is 7.95. The third kappa shape index (κ3) is 1.65. The van der Waals surface area contributed by atoms with Crippen molar-refractivity contribution in [1.82, 2.24) is 4.72 Å². The van der Waals surface area contributed by atoms with Crippen LogP contribution in [0.15, 0.2) is 0 Å². The molecule has 0 bridgehead atoms. The highest BCUT2D eigenvalue weighted by Gasteiger charge is 2.15. The summed E-state index contributed by atoms with van der Waals surface area (Å²) in [4.78, 5) is 0. The monoisotopic (exact) mass is 132 g/mol. The summed E-state index contributed by atoms with van der Waals surface area (Å²) in [6.45, 7) is 1.10. The topological polar surface area (TPSA) is 38.0 Å². The van der Waals surface area contributed by atoms with E-state index in [1.165, 1.54) is 31.4 Å². The van der Waals surface area contributed by atoms with Gasteiger partial charge < -0.3 is 0 Å². The molecule has 0 aromatic rings. The van der Waals surface area contributed by atoms with Crippen molar-refractivity contribution < 1.29 is 0 Å². The summed E-state index contributed by atoms with van der Waals surface area (Å²) in [5.41, 5.74) is 0. The fraction of sp³-hybridized carbons (Fsp3) is 1.00. The zero-order valence-electron chi connectivity index (χ0n) is 4.89. The first-order valence-corrected chi connectivity index (χ1v) is 3.90. The number of nitrogens with two attached hydrogens (primary N) is 1. The minimum atomic E-state index is 0.922. The molecule has 0 aliphatic heterocycles. The Morgan fingerprint density at radius 1 is 1.62 bits per heavy atom. The van der Waals surface area contributed by atoms with E-state index < -0.39 is 0 Å². The van der Waals surface area contributed by atoms with Crippen LogP contribution in [0.25, 0.3) is 0 Å². The standard InChI is InChI=1S/C5H12N2S/c6-8-7-4-5-2-1-3-5/h5,7H,1-4,6H2. The molecule has 3 heteroatoms. The molecule has 1 saturated carbocycles. The maximum Gasteiger partial charge on any atom is 0.00987 e. The molecular formula is C5H12N2S. The van der Waals surface area contributed by atoms with Crippen molar-refractivity contribution in [2.45, 2.75) is 19.3 Å². The molecule has 3 N–H and O–H groups in total. The maximum absolute atomic E-state index is 5.16. The van der Waals surface area contributed by atoms with Crippen molar-refractivity contribution in [1.29, 1.82) is 0 Å². The molecule has 1 rings (SSSR count). The summed E-state index contributed by atoms with van der Waals surface area (Å²) in [6, 6.07) is 0. The normalized spacial score (nSPS) is 20.6. The molecule has 1 aliphatic rings. The molecule has 1 fully saturated rings. The van der Waals surface area contributed by atoms with Gasteiger partial charge in [-0.25, -0.2) is 0 Å². The summed E-state index contributed by atoms with van der Waals surface area (Å²) in [5, 5.41) is 5.16. The van der Waals surface area contributed by atoms with Gasteiger partial charge in [-0.15, -0.1) is 0 Å². The van der Waals surface area contributed by atoms with E-state index >= 15 is 0 Å². The summed E-state index contributed by atoms with van der Waals surface area (Å²) >= 11 is 1.23. The van der Waals surface area contributed by atoms with Gasteiger partial charge in [0.25, 0.3) is 0 Å². The van der Waals surface area contributed by atoms with Crippen molar-refractivity contribution in [3.63, 3.8) is 0 Å². The Bertz CT molecular complexity index is 63.4. The van der Waals surface area contributed by atoms with Crippen LogP contribution in [0, 0.1) is 5.92 Å². The number of hydrogen-bond donors (Lipinski definition) is 2. The average Bonchev–Trinajstić information content (AvgIpc) is 1.63. The Kier molecular flexibility index (Phi) is 2.66. The van der Waals surface area contributed by atoms with Crippen LogP contribution in [0.1, 0.15) is 19.3 Å². The van der Waals surface area contributed by atoms with E-state index in [2.05, 4.69) is 4.72 Å². The lowest BCUT2D eigenvalue weighted by atomic mass is 9.86. The lowest BCUT2D eigenvalue weighted by Crippen LogP contribution is -2.23. The van der Waals surface area contributed by atoms with E-state index in [4.69, 9.17) is 5.14 Å². The van der Waals surface area contributed by atoms with Crippen LogP contribution in [-0.2, 0) is 0 Å². The molecule has 0 aromatic carbocycles. The first-order chi connectivity index (χ1) is 3.93. The van der Waals surface area contributed by atoms with Gasteiger partial charge in [-0.3, -0.25) is 9.86 Å². The molecule has 1 aliphatic carbocycles. The van der Waals surface area contributed by atoms with Gasteiger partial charge in [0, 0.05) is 18.7 Å². The van der Waals surface area contributed by atoms with Crippen molar-refractivity contribution in [3.8, 4) is 0 Å². The Labute approximate surface area is 54.5 Å². The van der Waals surface area contributed by atoms with Crippen molar-refractivity contribution in [2.24, 2.45) is 11.1 Å². The van der Waals surface area contributed by atoms with Crippen molar-refractivity contribution >= 4 is 12.1 Å². The predicted octanol–water partition coefficient (Wildman–Crippen LogP) is 0.898. The molecule has 2 nitrogen and oxygen atoms in total. The molecule has 0 saturated heterocycles. The van der Waals surface area contributed by atoms with Gasteiger partial charge in [-0.1, -0.05) is 6.42 Å². The van der Waals surface area contributed by atoms with Gasteiger partial charge in [0.15, 0.2) is 0 Å². The Hall–Kier alpha value is 0.270. The number of nitrogens with one attached hydrogen (secondary N) is 1. The van der Waals surface area contributed by atoms with E-state index in [1.807, 2.05) is 0 Å². The van der Waals surface area contributed by atoms with Crippen LogP contribution in [0.5, 0.6) is 0 Å². The number of rotatable bonds is 3. The lowest BCUT2D eigenvalue weighted by Gasteiger charge is -2.24. The Morgan fingerprint density at radius 3 is 2.75 bits per heavy atom. The molecule has 0 spiro atoms. The minimum absolute atomic E-state index is 0.922. The average molecular weight is 132 g/mol. The van der Waals surface area contributed by atoms with Crippen LogP contribution in [0.2, 0.25) is 0 Å². The first kappa shape index (κ1) is 6.39. The van der Waals surface area contributed by atoms with E-state index in [1.54, 1.807) is 0 Å². The molecule has 0 radical (unpaired) electrons. The van der Waals surface area contributed by atoms with Gasteiger partial charge in [0.2, 0.25) is 0 Å². The van der Waals surface area contributed by atoms with Crippen LogP contribution < -0.4 is 9.86 Å². The van der Waals surface area contributed by atoms with Gasteiger partial charge in [-0.05, 0) is 18.8 Å². The van der Waals surface area contributed by atoms with Gasteiger partial charge in [0.1, 0.15) is 0 Å². The van der Waals surface area contributed by atoms with Crippen LogP contribution >= 0.6 is 12.1 Å². The third-order valence-electron chi connectivity index (χ3n) is 1.68. The van der Waals surface area contributed by atoms with E-state index in [-0.39, 0.29) is 0 Å². The molecule has 0 aromatic heterocycles. The van der Waals surface area contributed by atoms with Crippen LogP contribution in [0.3, 0.4) is 0 Å². The molecule has 0 atom stereocenters. The molecule has 0 unspecified atom stereocenters. The van der Waals surface area contributed by atoms with Crippen LogP contribution in [-0.4, -0.2) is 6.54 Å². The minimum Gasteiger partial charge on any atom is -0.264 e. The maximum atomic E-state index is 5.16.